The lowest BCUT2D eigenvalue weighted by Crippen LogP contribution is -2.42. The van der Waals surface area contributed by atoms with E-state index in [-0.39, 0.29) is 17.7 Å². The van der Waals surface area contributed by atoms with Gasteiger partial charge >= 0.3 is 0 Å². The largest absolute Gasteiger partial charge is 0.384 e. The third-order valence-electron chi connectivity index (χ3n) is 3.66. The van der Waals surface area contributed by atoms with Gasteiger partial charge in [0.25, 0.3) is 0 Å². The normalized spacial score (nSPS) is 26.1. The summed E-state index contributed by atoms with van der Waals surface area (Å²) in [5, 5.41) is 2.71. The molecule has 1 unspecified atom stereocenters. The Hall–Kier alpha value is -1.10. The first-order chi connectivity index (χ1) is 8.20. The Labute approximate surface area is 101 Å². The minimum absolute atomic E-state index is 0.00220. The number of rotatable bonds is 3. The van der Waals surface area contributed by atoms with Crippen LogP contribution in [-0.4, -0.2) is 50.1 Å². The van der Waals surface area contributed by atoms with Gasteiger partial charge in [0.15, 0.2) is 0 Å². The first-order valence-corrected chi connectivity index (χ1v) is 6.25. The Kier molecular flexibility index (Phi) is 3.99. The lowest BCUT2D eigenvalue weighted by atomic mass is 9.96. The fourth-order valence-electron chi connectivity index (χ4n) is 2.59. The Morgan fingerprint density at radius 2 is 2.18 bits per heavy atom. The molecule has 0 radical (unpaired) electrons. The van der Waals surface area contributed by atoms with E-state index in [1.807, 2.05) is 4.90 Å². The van der Waals surface area contributed by atoms with Crippen molar-refractivity contribution in [2.75, 3.05) is 33.4 Å². The number of methoxy groups -OCH3 is 1. The second-order valence-corrected chi connectivity index (χ2v) is 4.93. The minimum Gasteiger partial charge on any atom is -0.384 e. The van der Waals surface area contributed by atoms with E-state index in [2.05, 4.69) is 5.32 Å². The lowest BCUT2D eigenvalue weighted by molar-refractivity contribution is -0.137. The van der Waals surface area contributed by atoms with Crippen LogP contribution in [0, 0.1) is 11.8 Å². The molecule has 2 heterocycles. The van der Waals surface area contributed by atoms with Crippen LogP contribution in [0.5, 0.6) is 0 Å². The summed E-state index contributed by atoms with van der Waals surface area (Å²) in [6.07, 6.45) is 2.37. The Morgan fingerprint density at radius 1 is 1.47 bits per heavy atom. The number of hydrogen-bond donors (Lipinski definition) is 1. The Morgan fingerprint density at radius 3 is 2.71 bits per heavy atom. The van der Waals surface area contributed by atoms with Crippen molar-refractivity contribution in [1.82, 2.24) is 10.2 Å². The van der Waals surface area contributed by atoms with Gasteiger partial charge in [0.2, 0.25) is 11.8 Å². The number of nitrogens with one attached hydrogen (secondary N) is 1. The van der Waals surface area contributed by atoms with Crippen LogP contribution < -0.4 is 5.32 Å². The predicted octanol–water partition coefficient (Wildman–Crippen LogP) is 0.00750. The molecule has 5 nitrogen and oxygen atoms in total. The molecule has 0 aromatic rings. The van der Waals surface area contributed by atoms with Crippen molar-refractivity contribution in [3.63, 3.8) is 0 Å². The van der Waals surface area contributed by atoms with Crippen LogP contribution in [0.4, 0.5) is 0 Å². The number of carbonyl (C=O) groups is 2. The molecule has 1 atom stereocenters. The number of amides is 2. The molecule has 0 spiro atoms. The van der Waals surface area contributed by atoms with E-state index < -0.39 is 0 Å². The van der Waals surface area contributed by atoms with Crippen molar-refractivity contribution in [1.29, 1.82) is 0 Å². The maximum Gasteiger partial charge on any atom is 0.227 e. The summed E-state index contributed by atoms with van der Waals surface area (Å²) < 4.78 is 5.13. The highest BCUT2D eigenvalue weighted by atomic mass is 16.5. The summed E-state index contributed by atoms with van der Waals surface area (Å²) in [7, 11) is 1.72. The number of nitrogens with zero attached hydrogens (tertiary/aromatic N) is 1. The van der Waals surface area contributed by atoms with Crippen molar-refractivity contribution >= 4 is 11.8 Å². The standard InChI is InChI=1S/C12H20N2O3/c1-17-8-9-2-4-14(5-3-9)12(16)10-6-11(15)13-7-10/h9-10H,2-8H2,1H3,(H,13,15). The maximum atomic E-state index is 12.1. The summed E-state index contributed by atoms with van der Waals surface area (Å²) in [6.45, 7) is 2.90. The molecule has 1 N–H and O–H groups in total. The number of carbonyl (C=O) groups excluding carboxylic acids is 2. The molecule has 2 fully saturated rings. The van der Waals surface area contributed by atoms with Crippen LogP contribution >= 0.6 is 0 Å². The van der Waals surface area contributed by atoms with E-state index in [1.54, 1.807) is 7.11 Å². The molecule has 2 amide bonds. The Balaban J connectivity index is 1.80. The molecule has 0 aromatic carbocycles. The third kappa shape index (κ3) is 2.97. The molecule has 96 valence electrons. The molecular formula is C12H20N2O3. The Bertz CT molecular complexity index is 298. The highest BCUT2D eigenvalue weighted by Crippen LogP contribution is 2.21. The molecule has 5 heteroatoms. The van der Waals surface area contributed by atoms with Gasteiger partial charge in [-0.25, -0.2) is 0 Å². The molecule has 2 rings (SSSR count). The summed E-state index contributed by atoms with van der Waals surface area (Å²) in [6, 6.07) is 0. The molecular weight excluding hydrogens is 220 g/mol. The topological polar surface area (TPSA) is 58.6 Å². The highest BCUT2D eigenvalue weighted by Gasteiger charge is 2.32. The summed E-state index contributed by atoms with van der Waals surface area (Å²) in [5.74, 6) is 0.575. The van der Waals surface area contributed by atoms with Crippen LogP contribution in [0.25, 0.3) is 0 Å². The molecule has 17 heavy (non-hydrogen) atoms. The fraction of sp³-hybridized carbons (Fsp3) is 0.833. The number of piperidine rings is 1. The van der Waals surface area contributed by atoms with Crippen molar-refractivity contribution < 1.29 is 14.3 Å². The van der Waals surface area contributed by atoms with E-state index in [9.17, 15) is 9.59 Å². The van der Waals surface area contributed by atoms with Gasteiger partial charge < -0.3 is 15.0 Å². The second-order valence-electron chi connectivity index (χ2n) is 4.93. The predicted molar refractivity (Wildman–Crippen MR) is 62.3 cm³/mol. The van der Waals surface area contributed by atoms with E-state index >= 15 is 0 Å². The molecule has 0 aromatic heterocycles. The van der Waals surface area contributed by atoms with Gasteiger partial charge in [0.05, 0.1) is 5.92 Å². The quantitative estimate of drug-likeness (QED) is 0.756. The molecule has 0 bridgehead atoms. The van der Waals surface area contributed by atoms with Gasteiger partial charge in [0, 0.05) is 39.8 Å². The summed E-state index contributed by atoms with van der Waals surface area (Å²) in [4.78, 5) is 25.1. The molecule has 2 saturated heterocycles. The third-order valence-corrected chi connectivity index (χ3v) is 3.66. The number of likely N-dealkylation sites (tertiary alicyclic amines) is 1. The first kappa shape index (κ1) is 12.4. The monoisotopic (exact) mass is 240 g/mol. The highest BCUT2D eigenvalue weighted by molar-refractivity contribution is 5.89. The van der Waals surface area contributed by atoms with Crippen molar-refractivity contribution in [2.45, 2.75) is 19.3 Å². The van der Waals surface area contributed by atoms with E-state index in [0.29, 0.717) is 18.9 Å². The first-order valence-electron chi connectivity index (χ1n) is 6.25. The smallest absolute Gasteiger partial charge is 0.227 e. The number of hydrogen-bond acceptors (Lipinski definition) is 3. The van der Waals surface area contributed by atoms with Gasteiger partial charge in [-0.3, -0.25) is 9.59 Å². The average molecular weight is 240 g/mol. The second kappa shape index (κ2) is 5.49. The maximum absolute atomic E-state index is 12.1. The summed E-state index contributed by atoms with van der Waals surface area (Å²) >= 11 is 0. The van der Waals surface area contributed by atoms with Crippen molar-refractivity contribution in [3.05, 3.63) is 0 Å². The average Bonchev–Trinajstić information content (AvgIpc) is 2.76. The van der Waals surface area contributed by atoms with Crippen molar-refractivity contribution in [2.24, 2.45) is 11.8 Å². The van der Waals surface area contributed by atoms with E-state index in [0.717, 1.165) is 32.5 Å². The van der Waals surface area contributed by atoms with Crippen LogP contribution in [0.15, 0.2) is 0 Å². The lowest BCUT2D eigenvalue weighted by Gasteiger charge is -2.33. The molecule has 2 aliphatic heterocycles. The minimum atomic E-state index is -0.138. The molecule has 0 aliphatic carbocycles. The summed E-state index contributed by atoms with van der Waals surface area (Å²) in [5.41, 5.74) is 0. The van der Waals surface area contributed by atoms with Crippen LogP contribution in [0.2, 0.25) is 0 Å². The van der Waals surface area contributed by atoms with E-state index in [1.165, 1.54) is 0 Å². The van der Waals surface area contributed by atoms with Crippen LogP contribution in [0.3, 0.4) is 0 Å². The zero-order valence-electron chi connectivity index (χ0n) is 10.3. The fourth-order valence-corrected chi connectivity index (χ4v) is 2.59. The van der Waals surface area contributed by atoms with Gasteiger partial charge in [-0.1, -0.05) is 0 Å². The number of ether oxygens (including phenoxy) is 1. The van der Waals surface area contributed by atoms with Crippen LogP contribution in [-0.2, 0) is 14.3 Å². The molecule has 2 aliphatic rings. The van der Waals surface area contributed by atoms with Crippen molar-refractivity contribution in [3.8, 4) is 0 Å². The van der Waals surface area contributed by atoms with E-state index in [4.69, 9.17) is 4.74 Å². The van der Waals surface area contributed by atoms with Gasteiger partial charge in [-0.15, -0.1) is 0 Å². The van der Waals surface area contributed by atoms with Gasteiger partial charge in [-0.05, 0) is 18.8 Å². The zero-order chi connectivity index (χ0) is 12.3. The van der Waals surface area contributed by atoms with Gasteiger partial charge in [-0.2, -0.15) is 0 Å². The molecule has 0 saturated carbocycles. The van der Waals surface area contributed by atoms with Crippen LogP contribution in [0.1, 0.15) is 19.3 Å². The SMILES string of the molecule is COCC1CCN(C(=O)C2CNC(=O)C2)CC1. The van der Waals surface area contributed by atoms with Gasteiger partial charge in [0.1, 0.15) is 0 Å². The zero-order valence-corrected chi connectivity index (χ0v) is 10.3.